The number of nitrogens with zero attached hydrogens (tertiary/aromatic N) is 1. The normalized spacial score (nSPS) is 12.2. The summed E-state index contributed by atoms with van der Waals surface area (Å²) in [6.45, 7) is 8.74. The Morgan fingerprint density at radius 1 is 1.13 bits per heavy atom. The molecule has 0 radical (unpaired) electrons. The quantitative estimate of drug-likeness (QED) is 0.669. The number of carbonyl (C=O) groups is 2. The zero-order valence-electron chi connectivity index (χ0n) is 10.7. The van der Waals surface area contributed by atoms with Crippen LogP contribution in [0.15, 0.2) is 0 Å². The zero-order valence-corrected chi connectivity index (χ0v) is 10.7. The maximum atomic E-state index is 11.6. The van der Waals surface area contributed by atoms with E-state index < -0.39 is 11.0 Å². The number of methoxy groups -OCH3 is 1. The van der Waals surface area contributed by atoms with Crippen molar-refractivity contribution in [3.63, 3.8) is 0 Å². The van der Waals surface area contributed by atoms with Gasteiger partial charge < -0.3 is 9.64 Å². The second-order valence-electron chi connectivity index (χ2n) is 4.75. The molecular weight excluding hydrogens is 194 g/mol. The highest BCUT2D eigenvalue weighted by Crippen LogP contribution is 2.36. The molecule has 0 aromatic carbocycles. The van der Waals surface area contributed by atoms with Crippen LogP contribution in [-0.2, 0) is 14.3 Å². The van der Waals surface area contributed by atoms with E-state index in [4.69, 9.17) is 4.74 Å². The molecule has 0 N–H and O–H groups in total. The molecule has 0 saturated heterocycles. The first-order valence-electron chi connectivity index (χ1n) is 4.92. The third-order valence-corrected chi connectivity index (χ3v) is 3.54. The van der Waals surface area contributed by atoms with Gasteiger partial charge in [-0.3, -0.25) is 9.59 Å². The van der Waals surface area contributed by atoms with Gasteiger partial charge in [0.25, 0.3) is 0 Å². The van der Waals surface area contributed by atoms with Gasteiger partial charge in [-0.1, -0.05) is 0 Å². The molecule has 4 heteroatoms. The fourth-order valence-electron chi connectivity index (χ4n) is 1.32. The summed E-state index contributed by atoms with van der Waals surface area (Å²) < 4.78 is 4.75. The molecule has 0 atom stereocenters. The van der Waals surface area contributed by atoms with Crippen molar-refractivity contribution in [3.8, 4) is 0 Å². The molecule has 0 aliphatic heterocycles. The van der Waals surface area contributed by atoms with Crippen LogP contribution in [0.5, 0.6) is 0 Å². The number of esters is 1. The summed E-state index contributed by atoms with van der Waals surface area (Å²) in [6.07, 6.45) is 0. The van der Waals surface area contributed by atoms with Crippen LogP contribution >= 0.6 is 0 Å². The highest BCUT2D eigenvalue weighted by Gasteiger charge is 2.47. The van der Waals surface area contributed by atoms with E-state index in [9.17, 15) is 9.59 Å². The van der Waals surface area contributed by atoms with E-state index in [0.29, 0.717) is 0 Å². The molecule has 1 amide bonds. The van der Waals surface area contributed by atoms with Gasteiger partial charge in [0.15, 0.2) is 0 Å². The predicted molar refractivity (Wildman–Crippen MR) is 58.3 cm³/mol. The van der Waals surface area contributed by atoms with E-state index in [1.165, 1.54) is 14.0 Å². The lowest BCUT2D eigenvalue weighted by Gasteiger charge is -2.45. The van der Waals surface area contributed by atoms with Crippen LogP contribution in [0.25, 0.3) is 0 Å². The summed E-state index contributed by atoms with van der Waals surface area (Å²) in [5.74, 6) is -0.391. The van der Waals surface area contributed by atoms with Crippen molar-refractivity contribution in [2.24, 2.45) is 5.41 Å². The minimum Gasteiger partial charge on any atom is -0.469 e. The molecule has 0 fully saturated rings. The number of rotatable bonds is 3. The highest BCUT2D eigenvalue weighted by molar-refractivity contribution is 5.80. The molecule has 0 aliphatic carbocycles. The lowest BCUT2D eigenvalue weighted by atomic mass is 9.73. The minimum atomic E-state index is -0.748. The monoisotopic (exact) mass is 215 g/mol. The molecule has 0 spiro atoms. The Hall–Kier alpha value is -1.06. The summed E-state index contributed by atoms with van der Waals surface area (Å²) in [4.78, 5) is 24.5. The van der Waals surface area contributed by atoms with Gasteiger partial charge in [-0.2, -0.15) is 0 Å². The molecule has 0 aliphatic rings. The SMILES string of the molecule is COC(=O)C(C)(C)C(C)(C)N(C)C(C)=O. The van der Waals surface area contributed by atoms with Gasteiger partial charge in [-0.05, 0) is 27.7 Å². The molecule has 0 aromatic heterocycles. The predicted octanol–water partition coefficient (Wildman–Crippen LogP) is 1.44. The molecular formula is C11H21NO3. The summed E-state index contributed by atoms with van der Waals surface area (Å²) in [7, 11) is 3.04. The Morgan fingerprint density at radius 2 is 1.53 bits per heavy atom. The first kappa shape index (κ1) is 13.9. The number of hydrogen-bond acceptors (Lipinski definition) is 3. The Morgan fingerprint density at radius 3 is 1.80 bits per heavy atom. The summed E-state index contributed by atoms with van der Waals surface area (Å²) in [5.41, 5.74) is -1.34. The summed E-state index contributed by atoms with van der Waals surface area (Å²) >= 11 is 0. The maximum absolute atomic E-state index is 11.6. The van der Waals surface area contributed by atoms with Crippen molar-refractivity contribution >= 4 is 11.9 Å². The second kappa shape index (κ2) is 4.21. The van der Waals surface area contributed by atoms with Crippen LogP contribution in [-0.4, -0.2) is 36.5 Å². The van der Waals surface area contributed by atoms with Crippen molar-refractivity contribution in [1.29, 1.82) is 0 Å². The van der Waals surface area contributed by atoms with Crippen molar-refractivity contribution < 1.29 is 14.3 Å². The van der Waals surface area contributed by atoms with Crippen LogP contribution in [0.4, 0.5) is 0 Å². The van der Waals surface area contributed by atoms with Gasteiger partial charge in [0, 0.05) is 14.0 Å². The van der Waals surface area contributed by atoms with Crippen molar-refractivity contribution in [3.05, 3.63) is 0 Å². The van der Waals surface area contributed by atoms with Gasteiger partial charge in [0.2, 0.25) is 5.91 Å². The molecule has 0 aromatic rings. The van der Waals surface area contributed by atoms with Crippen LogP contribution in [0.1, 0.15) is 34.6 Å². The number of hydrogen-bond donors (Lipinski definition) is 0. The van der Waals surface area contributed by atoms with Gasteiger partial charge in [-0.15, -0.1) is 0 Å². The molecule has 0 unspecified atom stereocenters. The Kier molecular flexibility index (Phi) is 3.91. The van der Waals surface area contributed by atoms with Crippen molar-refractivity contribution in [1.82, 2.24) is 4.90 Å². The highest BCUT2D eigenvalue weighted by atomic mass is 16.5. The van der Waals surface area contributed by atoms with E-state index in [2.05, 4.69) is 0 Å². The summed E-state index contributed by atoms with van der Waals surface area (Å²) in [6, 6.07) is 0. The fraction of sp³-hybridized carbons (Fsp3) is 0.818. The number of ether oxygens (including phenoxy) is 1. The van der Waals surface area contributed by atoms with Crippen LogP contribution < -0.4 is 0 Å². The molecule has 0 rings (SSSR count). The molecule has 0 saturated carbocycles. The molecule has 4 nitrogen and oxygen atoms in total. The van der Waals surface area contributed by atoms with Crippen molar-refractivity contribution in [2.75, 3.05) is 14.2 Å². The average molecular weight is 215 g/mol. The first-order chi connectivity index (χ1) is 6.59. The lowest BCUT2D eigenvalue weighted by molar-refractivity contribution is -0.161. The van der Waals surface area contributed by atoms with E-state index in [0.717, 1.165) is 0 Å². The molecule has 0 heterocycles. The van der Waals surface area contributed by atoms with Crippen LogP contribution in [0, 0.1) is 5.41 Å². The summed E-state index contributed by atoms with van der Waals surface area (Å²) in [5, 5.41) is 0. The largest absolute Gasteiger partial charge is 0.469 e. The van der Waals surface area contributed by atoms with E-state index in [-0.39, 0.29) is 11.9 Å². The second-order valence-corrected chi connectivity index (χ2v) is 4.75. The van der Waals surface area contributed by atoms with E-state index in [1.807, 2.05) is 13.8 Å². The number of carbonyl (C=O) groups excluding carboxylic acids is 2. The maximum Gasteiger partial charge on any atom is 0.313 e. The van der Waals surface area contributed by atoms with Crippen LogP contribution in [0.2, 0.25) is 0 Å². The van der Waals surface area contributed by atoms with Crippen LogP contribution in [0.3, 0.4) is 0 Å². The average Bonchev–Trinajstić information content (AvgIpc) is 2.14. The standard InChI is InChI=1S/C11H21NO3/c1-8(13)12(6)11(4,5)10(2,3)9(14)15-7/h1-7H3. The number of amides is 1. The zero-order chi connectivity index (χ0) is 12.4. The lowest BCUT2D eigenvalue weighted by Crippen LogP contribution is -2.57. The molecule has 88 valence electrons. The molecule has 15 heavy (non-hydrogen) atoms. The topological polar surface area (TPSA) is 46.6 Å². The molecule has 0 bridgehead atoms. The Labute approximate surface area is 91.6 Å². The third-order valence-electron chi connectivity index (χ3n) is 3.54. The third kappa shape index (κ3) is 2.30. The van der Waals surface area contributed by atoms with Gasteiger partial charge in [0.05, 0.1) is 18.1 Å². The van der Waals surface area contributed by atoms with Crippen molar-refractivity contribution in [2.45, 2.75) is 40.2 Å². The Bertz CT molecular complexity index is 269. The Balaban J connectivity index is 5.17. The van der Waals surface area contributed by atoms with E-state index >= 15 is 0 Å². The van der Waals surface area contributed by atoms with Gasteiger partial charge in [-0.25, -0.2) is 0 Å². The van der Waals surface area contributed by atoms with Gasteiger partial charge in [0.1, 0.15) is 0 Å². The first-order valence-corrected chi connectivity index (χ1v) is 4.92. The van der Waals surface area contributed by atoms with E-state index in [1.54, 1.807) is 25.8 Å². The van der Waals surface area contributed by atoms with Gasteiger partial charge >= 0.3 is 5.97 Å². The fourth-order valence-corrected chi connectivity index (χ4v) is 1.32. The minimum absolute atomic E-state index is 0.0722. The smallest absolute Gasteiger partial charge is 0.313 e.